The zero-order valence-electron chi connectivity index (χ0n) is 17.2. The highest BCUT2D eigenvalue weighted by Gasteiger charge is 2.40. The van der Waals surface area contributed by atoms with Gasteiger partial charge in [-0.1, -0.05) is 58.3 Å². The van der Waals surface area contributed by atoms with Gasteiger partial charge in [0.2, 0.25) is 0 Å². The van der Waals surface area contributed by atoms with Gasteiger partial charge in [0.1, 0.15) is 0 Å². The summed E-state index contributed by atoms with van der Waals surface area (Å²) in [6, 6.07) is 0. The van der Waals surface area contributed by atoms with Crippen LogP contribution in [-0.2, 0) is 9.47 Å². The van der Waals surface area contributed by atoms with Gasteiger partial charge in [-0.15, -0.1) is 12.3 Å². The number of hydrogen-bond donors (Lipinski definition) is 2. The molecule has 4 nitrogen and oxygen atoms in total. The summed E-state index contributed by atoms with van der Waals surface area (Å²) in [6.45, 7) is 2.25. The van der Waals surface area contributed by atoms with Crippen molar-refractivity contribution in [3.8, 4) is 12.3 Å². The van der Waals surface area contributed by atoms with E-state index in [2.05, 4.69) is 12.8 Å². The van der Waals surface area contributed by atoms with Crippen LogP contribution in [0.2, 0.25) is 0 Å². The summed E-state index contributed by atoms with van der Waals surface area (Å²) in [6.07, 6.45) is 19.2. The number of terminal acetylenes is 1. The monoisotopic (exact) mass is 380 g/mol. The van der Waals surface area contributed by atoms with Gasteiger partial charge >= 0.3 is 0 Å². The molecule has 0 radical (unpaired) electrons. The number of rotatable bonds is 13. The first-order valence-corrected chi connectivity index (χ1v) is 11.3. The lowest BCUT2D eigenvalue weighted by Gasteiger charge is -2.23. The third-order valence-corrected chi connectivity index (χ3v) is 6.12. The van der Waals surface area contributed by atoms with Crippen LogP contribution in [0.1, 0.15) is 96.8 Å². The smallest absolute Gasteiger partial charge is 0.0910 e. The van der Waals surface area contributed by atoms with Crippen LogP contribution < -0.4 is 0 Å². The Kier molecular flexibility index (Phi) is 10.7. The molecule has 0 aromatic rings. The van der Waals surface area contributed by atoms with Crippen LogP contribution in [0.5, 0.6) is 0 Å². The molecule has 2 fully saturated rings. The van der Waals surface area contributed by atoms with Gasteiger partial charge in [0.05, 0.1) is 36.6 Å². The van der Waals surface area contributed by atoms with E-state index in [0.29, 0.717) is 6.42 Å². The van der Waals surface area contributed by atoms with Crippen molar-refractivity contribution in [2.45, 2.75) is 133 Å². The summed E-state index contributed by atoms with van der Waals surface area (Å²) in [5, 5.41) is 20.5. The highest BCUT2D eigenvalue weighted by atomic mass is 16.6. The van der Waals surface area contributed by atoms with E-state index in [1.807, 2.05) is 0 Å². The van der Waals surface area contributed by atoms with Gasteiger partial charge in [-0.25, -0.2) is 0 Å². The number of aliphatic hydroxyl groups excluding tert-OH is 2. The minimum Gasteiger partial charge on any atom is -0.390 e. The van der Waals surface area contributed by atoms with E-state index in [-0.39, 0.29) is 30.5 Å². The van der Waals surface area contributed by atoms with E-state index >= 15 is 0 Å². The Morgan fingerprint density at radius 2 is 1.33 bits per heavy atom. The van der Waals surface area contributed by atoms with Crippen LogP contribution in [0.4, 0.5) is 0 Å². The Morgan fingerprint density at radius 1 is 0.815 bits per heavy atom. The van der Waals surface area contributed by atoms with Gasteiger partial charge in [0.15, 0.2) is 0 Å². The fourth-order valence-corrected chi connectivity index (χ4v) is 4.42. The minimum atomic E-state index is -0.579. The number of hydrogen-bond acceptors (Lipinski definition) is 4. The SMILES string of the molecule is C#CC[C@@H](O)[C@H]1CC[C@H]([C@H]2CC[C@H]([C@H](O)CCCCCCCCCC)O2)O1. The normalized spacial score (nSPS) is 30.3. The molecule has 0 bridgehead atoms. The molecule has 2 rings (SSSR count). The van der Waals surface area contributed by atoms with Crippen LogP contribution in [0, 0.1) is 12.3 Å². The lowest BCUT2D eigenvalue weighted by Crippen LogP contribution is -2.33. The summed E-state index contributed by atoms with van der Waals surface area (Å²) in [4.78, 5) is 0. The van der Waals surface area contributed by atoms with Gasteiger partial charge in [0, 0.05) is 6.42 Å². The second kappa shape index (κ2) is 12.8. The lowest BCUT2D eigenvalue weighted by atomic mass is 10.0. The molecule has 2 N–H and O–H groups in total. The van der Waals surface area contributed by atoms with Crippen molar-refractivity contribution in [2.75, 3.05) is 0 Å². The predicted molar refractivity (Wildman–Crippen MR) is 108 cm³/mol. The molecule has 0 aromatic heterocycles. The van der Waals surface area contributed by atoms with Crippen molar-refractivity contribution in [3.05, 3.63) is 0 Å². The highest BCUT2D eigenvalue weighted by molar-refractivity contribution is 4.93. The molecule has 2 aliphatic rings. The molecule has 4 heteroatoms. The van der Waals surface area contributed by atoms with Crippen LogP contribution in [0.15, 0.2) is 0 Å². The van der Waals surface area contributed by atoms with E-state index < -0.39 is 6.10 Å². The van der Waals surface area contributed by atoms with Crippen molar-refractivity contribution < 1.29 is 19.7 Å². The second-order valence-corrected chi connectivity index (χ2v) is 8.39. The van der Waals surface area contributed by atoms with Crippen LogP contribution >= 0.6 is 0 Å². The molecule has 6 atom stereocenters. The molecule has 0 unspecified atom stereocenters. The average molecular weight is 381 g/mol. The van der Waals surface area contributed by atoms with Gasteiger partial charge in [-0.05, 0) is 32.1 Å². The summed E-state index contributed by atoms with van der Waals surface area (Å²) < 4.78 is 12.1. The summed E-state index contributed by atoms with van der Waals surface area (Å²) in [5.74, 6) is 2.50. The second-order valence-electron chi connectivity index (χ2n) is 8.39. The van der Waals surface area contributed by atoms with Crippen LogP contribution in [0.3, 0.4) is 0 Å². The Bertz CT molecular complexity index is 433. The minimum absolute atomic E-state index is 0.0303. The fraction of sp³-hybridized carbons (Fsp3) is 0.913. The van der Waals surface area contributed by atoms with Gasteiger partial charge in [-0.3, -0.25) is 0 Å². The Morgan fingerprint density at radius 3 is 1.89 bits per heavy atom. The first-order valence-electron chi connectivity index (χ1n) is 11.3. The molecule has 2 saturated heterocycles. The van der Waals surface area contributed by atoms with E-state index in [0.717, 1.165) is 38.5 Å². The zero-order valence-corrected chi connectivity index (χ0v) is 17.2. The Labute approximate surface area is 166 Å². The van der Waals surface area contributed by atoms with E-state index in [9.17, 15) is 10.2 Å². The van der Waals surface area contributed by atoms with Crippen molar-refractivity contribution >= 4 is 0 Å². The maximum absolute atomic E-state index is 10.5. The summed E-state index contributed by atoms with van der Waals surface area (Å²) in [7, 11) is 0. The molecule has 0 saturated carbocycles. The Balaban J connectivity index is 1.57. The molecular formula is C23H40O4. The molecule has 2 heterocycles. The highest BCUT2D eigenvalue weighted by Crippen LogP contribution is 2.34. The average Bonchev–Trinajstić information content (AvgIpc) is 3.33. The van der Waals surface area contributed by atoms with Gasteiger partial charge < -0.3 is 19.7 Å². The number of ether oxygens (including phenoxy) is 2. The summed E-state index contributed by atoms with van der Waals surface area (Å²) >= 11 is 0. The molecule has 0 spiro atoms. The quantitative estimate of drug-likeness (QED) is 0.368. The van der Waals surface area contributed by atoms with Crippen molar-refractivity contribution in [1.29, 1.82) is 0 Å². The van der Waals surface area contributed by atoms with Crippen molar-refractivity contribution in [2.24, 2.45) is 0 Å². The maximum Gasteiger partial charge on any atom is 0.0910 e. The van der Waals surface area contributed by atoms with Gasteiger partial charge in [0.25, 0.3) is 0 Å². The van der Waals surface area contributed by atoms with E-state index in [4.69, 9.17) is 15.9 Å². The lowest BCUT2D eigenvalue weighted by molar-refractivity contribution is -0.108. The van der Waals surface area contributed by atoms with E-state index in [1.54, 1.807) is 0 Å². The fourth-order valence-electron chi connectivity index (χ4n) is 4.42. The Hall–Kier alpha value is -0.600. The third kappa shape index (κ3) is 7.74. The molecule has 156 valence electrons. The summed E-state index contributed by atoms with van der Waals surface area (Å²) in [5.41, 5.74) is 0. The number of unbranched alkanes of at least 4 members (excludes halogenated alkanes) is 7. The molecular weight excluding hydrogens is 340 g/mol. The largest absolute Gasteiger partial charge is 0.390 e. The first-order chi connectivity index (χ1) is 13.2. The van der Waals surface area contributed by atoms with Crippen molar-refractivity contribution in [3.63, 3.8) is 0 Å². The molecule has 0 aliphatic carbocycles. The van der Waals surface area contributed by atoms with Crippen LogP contribution in [-0.4, -0.2) is 46.8 Å². The van der Waals surface area contributed by atoms with Crippen molar-refractivity contribution in [1.82, 2.24) is 0 Å². The third-order valence-electron chi connectivity index (χ3n) is 6.12. The standard InChI is InChI=1S/C23H40O4/c1-3-5-6-7-8-9-10-11-13-19(25)21-15-17-23(27-21)22-16-14-20(26-22)18(24)12-4-2/h2,18-25H,3,5-17H2,1H3/t18-,19-,20-,21-,22-,23-/m1/s1. The maximum atomic E-state index is 10.5. The van der Waals surface area contributed by atoms with E-state index in [1.165, 1.54) is 44.9 Å². The molecule has 2 aliphatic heterocycles. The number of aliphatic hydroxyl groups is 2. The van der Waals surface area contributed by atoms with Gasteiger partial charge in [-0.2, -0.15) is 0 Å². The predicted octanol–water partition coefficient (Wildman–Crippen LogP) is 4.36. The topological polar surface area (TPSA) is 58.9 Å². The molecule has 0 amide bonds. The first kappa shape index (κ1) is 22.7. The zero-order chi connectivity index (χ0) is 19.5. The molecule has 0 aromatic carbocycles. The van der Waals surface area contributed by atoms with Crippen LogP contribution in [0.25, 0.3) is 0 Å². The molecule has 27 heavy (non-hydrogen) atoms.